The number of nitrogens with zero attached hydrogens (tertiary/aromatic N) is 2. The fourth-order valence-corrected chi connectivity index (χ4v) is 1.80. The standard InChI is InChI=1S/C7H3BrClFN2/c8-7-11-6(9)5-3-4(10)1-2-12(5)7/h1-3H. The predicted octanol–water partition coefficient (Wildman–Crippen LogP) is 2.89. The Morgan fingerprint density at radius 2 is 2.33 bits per heavy atom. The average Bonchev–Trinajstić information content (AvgIpc) is 2.28. The number of fused-ring (bicyclic) bond motifs is 1. The molecule has 0 unspecified atom stereocenters. The van der Waals surface area contributed by atoms with Gasteiger partial charge in [0, 0.05) is 12.3 Å². The van der Waals surface area contributed by atoms with Crippen molar-refractivity contribution >= 4 is 33.0 Å². The van der Waals surface area contributed by atoms with E-state index in [9.17, 15) is 4.39 Å². The van der Waals surface area contributed by atoms with Gasteiger partial charge in [0.05, 0.1) is 5.52 Å². The highest BCUT2D eigenvalue weighted by Crippen LogP contribution is 2.21. The number of pyridine rings is 1. The van der Waals surface area contributed by atoms with E-state index < -0.39 is 0 Å². The zero-order valence-electron chi connectivity index (χ0n) is 5.76. The summed E-state index contributed by atoms with van der Waals surface area (Å²) in [5, 5.41) is 0.293. The molecule has 0 bridgehead atoms. The summed E-state index contributed by atoms with van der Waals surface area (Å²) in [4.78, 5) is 3.91. The lowest BCUT2D eigenvalue weighted by molar-refractivity contribution is 0.626. The van der Waals surface area contributed by atoms with Crippen LogP contribution in [0, 0.1) is 5.82 Å². The monoisotopic (exact) mass is 248 g/mol. The molecule has 0 aliphatic heterocycles. The summed E-state index contributed by atoms with van der Waals surface area (Å²) >= 11 is 8.91. The fourth-order valence-electron chi connectivity index (χ4n) is 0.986. The molecule has 0 radical (unpaired) electrons. The molecule has 0 saturated heterocycles. The second-order valence-electron chi connectivity index (χ2n) is 2.27. The summed E-state index contributed by atoms with van der Waals surface area (Å²) in [6, 6.07) is 2.68. The first-order valence-corrected chi connectivity index (χ1v) is 4.34. The predicted molar refractivity (Wildman–Crippen MR) is 47.9 cm³/mol. The SMILES string of the molecule is Fc1ccn2c(Br)nc(Cl)c2c1. The highest BCUT2D eigenvalue weighted by atomic mass is 79.9. The van der Waals surface area contributed by atoms with E-state index in [1.807, 2.05) is 0 Å². The largest absolute Gasteiger partial charge is 0.293 e. The summed E-state index contributed by atoms with van der Waals surface area (Å²) in [6.45, 7) is 0. The third kappa shape index (κ3) is 1.11. The van der Waals surface area contributed by atoms with Gasteiger partial charge in [-0.2, -0.15) is 0 Å². The molecule has 2 heterocycles. The van der Waals surface area contributed by atoms with Crippen LogP contribution in [0.1, 0.15) is 0 Å². The molecule has 0 fully saturated rings. The van der Waals surface area contributed by atoms with Crippen molar-refractivity contribution in [1.82, 2.24) is 9.38 Å². The van der Waals surface area contributed by atoms with Gasteiger partial charge in [0.15, 0.2) is 9.89 Å². The lowest BCUT2D eigenvalue weighted by Gasteiger charge is -1.93. The van der Waals surface area contributed by atoms with Gasteiger partial charge >= 0.3 is 0 Å². The van der Waals surface area contributed by atoms with E-state index in [0.717, 1.165) is 0 Å². The van der Waals surface area contributed by atoms with E-state index in [1.54, 1.807) is 10.6 Å². The first kappa shape index (κ1) is 8.01. The van der Waals surface area contributed by atoms with E-state index in [0.29, 0.717) is 15.4 Å². The molecule has 5 heteroatoms. The molecule has 12 heavy (non-hydrogen) atoms. The van der Waals surface area contributed by atoms with Crippen LogP contribution >= 0.6 is 27.5 Å². The van der Waals surface area contributed by atoms with E-state index >= 15 is 0 Å². The fraction of sp³-hybridized carbons (Fsp3) is 0. The Hall–Kier alpha value is -0.610. The Bertz CT molecular complexity index is 440. The first-order valence-electron chi connectivity index (χ1n) is 3.17. The number of aromatic nitrogens is 2. The van der Waals surface area contributed by atoms with Crippen LogP contribution in [-0.4, -0.2) is 9.38 Å². The van der Waals surface area contributed by atoms with Crippen molar-refractivity contribution in [2.24, 2.45) is 0 Å². The van der Waals surface area contributed by atoms with Gasteiger partial charge in [-0.05, 0) is 22.0 Å². The molecule has 0 atom stereocenters. The van der Waals surface area contributed by atoms with Gasteiger partial charge in [0.2, 0.25) is 0 Å². The molecular weight excluding hydrogens is 246 g/mol. The molecule has 0 aliphatic rings. The van der Waals surface area contributed by atoms with Crippen molar-refractivity contribution in [3.8, 4) is 0 Å². The molecule has 62 valence electrons. The summed E-state index contributed by atoms with van der Waals surface area (Å²) in [6.07, 6.45) is 1.56. The van der Waals surface area contributed by atoms with E-state index in [4.69, 9.17) is 11.6 Å². The van der Waals surface area contributed by atoms with Gasteiger partial charge in [-0.25, -0.2) is 9.37 Å². The smallest absolute Gasteiger partial charge is 0.183 e. The number of hydrogen-bond acceptors (Lipinski definition) is 1. The summed E-state index contributed by atoms with van der Waals surface area (Å²) in [5.74, 6) is -0.322. The van der Waals surface area contributed by atoms with Crippen LogP contribution in [-0.2, 0) is 0 Å². The molecule has 0 N–H and O–H groups in total. The van der Waals surface area contributed by atoms with E-state index in [-0.39, 0.29) is 5.82 Å². The second-order valence-corrected chi connectivity index (χ2v) is 3.34. The second kappa shape index (κ2) is 2.71. The third-order valence-electron chi connectivity index (χ3n) is 1.52. The minimum atomic E-state index is -0.322. The minimum Gasteiger partial charge on any atom is -0.293 e. The van der Waals surface area contributed by atoms with E-state index in [1.165, 1.54) is 12.1 Å². The van der Waals surface area contributed by atoms with Gasteiger partial charge in [0.25, 0.3) is 0 Å². The Kier molecular flexibility index (Phi) is 1.81. The maximum atomic E-state index is 12.7. The van der Waals surface area contributed by atoms with Crippen LogP contribution in [0.25, 0.3) is 5.52 Å². The van der Waals surface area contributed by atoms with Crippen LogP contribution in [0.3, 0.4) is 0 Å². The molecule has 2 aromatic heterocycles. The van der Waals surface area contributed by atoms with Crippen LogP contribution in [0.4, 0.5) is 4.39 Å². The van der Waals surface area contributed by atoms with Crippen LogP contribution in [0.2, 0.25) is 5.15 Å². The summed E-state index contributed by atoms with van der Waals surface area (Å²) in [7, 11) is 0. The Morgan fingerprint density at radius 1 is 1.58 bits per heavy atom. The minimum absolute atomic E-state index is 0.293. The summed E-state index contributed by atoms with van der Waals surface area (Å²) < 4.78 is 14.9. The molecule has 2 nitrogen and oxygen atoms in total. The van der Waals surface area contributed by atoms with Gasteiger partial charge < -0.3 is 0 Å². The van der Waals surface area contributed by atoms with Crippen molar-refractivity contribution in [3.05, 3.63) is 34.0 Å². The molecule has 0 spiro atoms. The third-order valence-corrected chi connectivity index (χ3v) is 2.36. The lowest BCUT2D eigenvalue weighted by atomic mass is 10.4. The average molecular weight is 249 g/mol. The molecular formula is C7H3BrClFN2. The maximum Gasteiger partial charge on any atom is 0.183 e. The Morgan fingerprint density at radius 3 is 3.08 bits per heavy atom. The van der Waals surface area contributed by atoms with Gasteiger partial charge in [0.1, 0.15) is 5.82 Å². The zero-order chi connectivity index (χ0) is 8.72. The highest BCUT2D eigenvalue weighted by Gasteiger charge is 2.06. The van der Waals surface area contributed by atoms with Crippen molar-refractivity contribution in [2.75, 3.05) is 0 Å². The summed E-state index contributed by atoms with van der Waals surface area (Å²) in [5.41, 5.74) is 0.559. The van der Waals surface area contributed by atoms with Crippen molar-refractivity contribution in [2.45, 2.75) is 0 Å². The topological polar surface area (TPSA) is 17.3 Å². The van der Waals surface area contributed by atoms with Crippen molar-refractivity contribution in [1.29, 1.82) is 0 Å². The van der Waals surface area contributed by atoms with Crippen LogP contribution < -0.4 is 0 Å². The molecule has 0 amide bonds. The number of rotatable bonds is 0. The lowest BCUT2D eigenvalue weighted by Crippen LogP contribution is -1.84. The molecule has 0 saturated carbocycles. The molecule has 0 aliphatic carbocycles. The van der Waals surface area contributed by atoms with Crippen LogP contribution in [0.5, 0.6) is 0 Å². The normalized spacial score (nSPS) is 10.9. The number of imidazole rings is 1. The van der Waals surface area contributed by atoms with E-state index in [2.05, 4.69) is 20.9 Å². The maximum absolute atomic E-state index is 12.7. The quantitative estimate of drug-likeness (QED) is 0.702. The number of hydrogen-bond donors (Lipinski definition) is 0. The highest BCUT2D eigenvalue weighted by molar-refractivity contribution is 9.10. The molecule has 0 aromatic carbocycles. The molecule has 2 aromatic rings. The van der Waals surface area contributed by atoms with Crippen molar-refractivity contribution in [3.63, 3.8) is 0 Å². The van der Waals surface area contributed by atoms with Gasteiger partial charge in [-0.15, -0.1) is 0 Å². The molecule has 2 rings (SSSR count). The Balaban J connectivity index is 2.90. The van der Waals surface area contributed by atoms with Crippen LogP contribution in [0.15, 0.2) is 23.1 Å². The number of halogens is 3. The first-order chi connectivity index (χ1) is 5.68. The Labute approximate surface area is 81.1 Å². The van der Waals surface area contributed by atoms with Crippen molar-refractivity contribution < 1.29 is 4.39 Å². The zero-order valence-corrected chi connectivity index (χ0v) is 8.10. The van der Waals surface area contributed by atoms with Gasteiger partial charge in [-0.3, -0.25) is 4.40 Å². The van der Waals surface area contributed by atoms with Gasteiger partial charge in [-0.1, -0.05) is 11.6 Å².